The zero-order valence-electron chi connectivity index (χ0n) is 14.6. The van der Waals surface area contributed by atoms with Crippen molar-refractivity contribution >= 4 is 5.78 Å². The lowest BCUT2D eigenvalue weighted by Gasteiger charge is -2.43. The van der Waals surface area contributed by atoms with Crippen LogP contribution in [0.15, 0.2) is 30.3 Å². The highest BCUT2D eigenvalue weighted by atomic mass is 16.7. The summed E-state index contributed by atoms with van der Waals surface area (Å²) in [5, 5.41) is 0. The molecule has 6 heteroatoms. The maximum absolute atomic E-state index is 12.7. The van der Waals surface area contributed by atoms with E-state index in [-0.39, 0.29) is 5.78 Å². The number of benzene rings is 1. The average Bonchev–Trinajstić information content (AvgIpc) is 2.64. The van der Waals surface area contributed by atoms with Crippen LogP contribution >= 0.6 is 0 Å². The van der Waals surface area contributed by atoms with E-state index in [1.54, 1.807) is 14.2 Å². The third-order valence-corrected chi connectivity index (χ3v) is 4.36. The van der Waals surface area contributed by atoms with Crippen LogP contribution in [0.2, 0.25) is 0 Å². The molecule has 1 heterocycles. The van der Waals surface area contributed by atoms with Crippen molar-refractivity contribution in [1.82, 2.24) is 0 Å². The van der Waals surface area contributed by atoms with E-state index in [0.717, 1.165) is 5.56 Å². The Morgan fingerprint density at radius 1 is 0.917 bits per heavy atom. The van der Waals surface area contributed by atoms with Gasteiger partial charge < -0.3 is 23.7 Å². The second-order valence-electron chi connectivity index (χ2n) is 5.71. The Kier molecular flexibility index (Phi) is 7.33. The van der Waals surface area contributed by atoms with Gasteiger partial charge in [-0.25, -0.2) is 0 Å². The molecule has 0 N–H and O–H groups in total. The van der Waals surface area contributed by atoms with Crippen LogP contribution < -0.4 is 0 Å². The van der Waals surface area contributed by atoms with Crippen LogP contribution in [0.5, 0.6) is 0 Å². The summed E-state index contributed by atoms with van der Waals surface area (Å²) in [6, 6.07) is 9.87. The molecule has 0 aromatic heterocycles. The molecule has 1 aromatic carbocycles. The molecule has 0 amide bonds. The quantitative estimate of drug-likeness (QED) is 0.717. The minimum absolute atomic E-state index is 0.0376. The van der Waals surface area contributed by atoms with Crippen LogP contribution in [0.1, 0.15) is 12.0 Å². The molecular formula is C18H26O6. The van der Waals surface area contributed by atoms with Gasteiger partial charge in [0.25, 0.3) is 0 Å². The minimum atomic E-state index is -0.750. The first-order valence-electron chi connectivity index (χ1n) is 7.99. The van der Waals surface area contributed by atoms with E-state index in [2.05, 4.69) is 0 Å². The van der Waals surface area contributed by atoms with Crippen molar-refractivity contribution < 1.29 is 28.5 Å². The summed E-state index contributed by atoms with van der Waals surface area (Å²) in [6.45, 7) is 0. The molecule has 4 unspecified atom stereocenters. The van der Waals surface area contributed by atoms with Crippen molar-refractivity contribution in [2.24, 2.45) is 0 Å². The average molecular weight is 338 g/mol. The molecule has 1 fully saturated rings. The molecule has 1 aliphatic rings. The second kappa shape index (κ2) is 9.25. The van der Waals surface area contributed by atoms with Gasteiger partial charge in [-0.05, 0) is 12.0 Å². The van der Waals surface area contributed by atoms with Gasteiger partial charge in [-0.1, -0.05) is 30.3 Å². The molecule has 1 aromatic rings. The van der Waals surface area contributed by atoms with Gasteiger partial charge >= 0.3 is 0 Å². The number of hydrogen-bond donors (Lipinski definition) is 0. The number of ether oxygens (including phenoxy) is 5. The van der Waals surface area contributed by atoms with Crippen molar-refractivity contribution in [3.63, 3.8) is 0 Å². The van der Waals surface area contributed by atoms with Gasteiger partial charge in [-0.2, -0.15) is 0 Å². The highest BCUT2D eigenvalue weighted by Gasteiger charge is 2.49. The number of Topliss-reactive ketones (excluding diaryl/α,β-unsaturated/α-hetero) is 1. The van der Waals surface area contributed by atoms with Crippen LogP contribution in [0.4, 0.5) is 0 Å². The number of rotatable bonds is 8. The summed E-state index contributed by atoms with van der Waals surface area (Å²) in [5.74, 6) is -0.0376. The first-order valence-corrected chi connectivity index (χ1v) is 7.99. The largest absolute Gasteiger partial charge is 0.376 e. The molecule has 6 nitrogen and oxygen atoms in total. The molecule has 24 heavy (non-hydrogen) atoms. The van der Waals surface area contributed by atoms with Crippen molar-refractivity contribution in [3.05, 3.63) is 35.9 Å². The third-order valence-electron chi connectivity index (χ3n) is 4.36. The van der Waals surface area contributed by atoms with Gasteiger partial charge in [-0.15, -0.1) is 0 Å². The van der Waals surface area contributed by atoms with Gasteiger partial charge in [0, 0.05) is 34.9 Å². The lowest BCUT2D eigenvalue weighted by Crippen LogP contribution is -2.62. The van der Waals surface area contributed by atoms with Crippen LogP contribution in [-0.2, 0) is 34.9 Å². The smallest absolute Gasteiger partial charge is 0.187 e. The Hall–Kier alpha value is -1.31. The summed E-state index contributed by atoms with van der Waals surface area (Å²) in [4.78, 5) is 12.7. The fraction of sp³-hybridized carbons (Fsp3) is 0.611. The number of hydrogen-bond acceptors (Lipinski definition) is 6. The molecule has 0 aliphatic carbocycles. The molecule has 0 bridgehead atoms. The second-order valence-corrected chi connectivity index (χ2v) is 5.71. The molecule has 134 valence electrons. The van der Waals surface area contributed by atoms with E-state index >= 15 is 0 Å². The zero-order chi connectivity index (χ0) is 17.5. The molecular weight excluding hydrogens is 312 g/mol. The van der Waals surface area contributed by atoms with E-state index in [4.69, 9.17) is 23.7 Å². The number of carbonyl (C=O) groups excluding carboxylic acids is 1. The SMILES string of the molecule is COC1O[C@H](C(=O)CCc2ccccc2)C(OC)C(OC)C1OC. The van der Waals surface area contributed by atoms with Gasteiger partial charge in [0.1, 0.15) is 24.4 Å². The topological polar surface area (TPSA) is 63.2 Å². The number of aryl methyl sites for hydroxylation is 1. The zero-order valence-corrected chi connectivity index (χ0v) is 14.6. The normalized spacial score (nSPS) is 30.2. The summed E-state index contributed by atoms with van der Waals surface area (Å²) >= 11 is 0. The molecule has 2 rings (SSSR count). The lowest BCUT2D eigenvalue weighted by molar-refractivity contribution is -0.295. The Labute approximate surface area is 143 Å². The Bertz CT molecular complexity index is 505. The van der Waals surface area contributed by atoms with Gasteiger partial charge in [0.05, 0.1) is 0 Å². The Morgan fingerprint density at radius 2 is 1.54 bits per heavy atom. The third kappa shape index (κ3) is 4.20. The lowest BCUT2D eigenvalue weighted by atomic mass is 9.93. The summed E-state index contributed by atoms with van der Waals surface area (Å²) in [7, 11) is 6.17. The first kappa shape index (κ1) is 19.0. The van der Waals surface area contributed by atoms with Crippen molar-refractivity contribution in [3.8, 4) is 0 Å². The molecule has 0 saturated carbocycles. The molecule has 1 saturated heterocycles. The van der Waals surface area contributed by atoms with E-state index in [0.29, 0.717) is 12.8 Å². The number of ketones is 1. The van der Waals surface area contributed by atoms with E-state index in [9.17, 15) is 4.79 Å². The standard InChI is InChI=1S/C18H26O6/c1-20-15-14(13(19)11-10-12-8-6-5-7-9-12)24-18(23-4)17(22-3)16(15)21-2/h5-9,14-18H,10-11H2,1-4H3/t14-,15?,16?,17?,18?/m1/s1. The van der Waals surface area contributed by atoms with Gasteiger partial charge in [0.2, 0.25) is 0 Å². The molecule has 5 atom stereocenters. The van der Waals surface area contributed by atoms with Crippen LogP contribution in [-0.4, -0.2) is 64.9 Å². The first-order chi connectivity index (χ1) is 11.7. The monoisotopic (exact) mass is 338 g/mol. The number of methoxy groups -OCH3 is 4. The van der Waals surface area contributed by atoms with Crippen molar-refractivity contribution in [2.75, 3.05) is 28.4 Å². The van der Waals surface area contributed by atoms with Crippen molar-refractivity contribution in [2.45, 2.75) is 43.5 Å². The highest BCUT2D eigenvalue weighted by molar-refractivity contribution is 5.84. The van der Waals surface area contributed by atoms with Crippen LogP contribution in [0.3, 0.4) is 0 Å². The summed E-state index contributed by atoms with van der Waals surface area (Å²) in [5.41, 5.74) is 1.11. The van der Waals surface area contributed by atoms with Crippen molar-refractivity contribution in [1.29, 1.82) is 0 Å². The highest BCUT2D eigenvalue weighted by Crippen LogP contribution is 2.28. The molecule has 0 radical (unpaired) electrons. The maximum atomic E-state index is 12.7. The van der Waals surface area contributed by atoms with Gasteiger partial charge in [0.15, 0.2) is 12.1 Å². The predicted molar refractivity (Wildman–Crippen MR) is 87.8 cm³/mol. The minimum Gasteiger partial charge on any atom is -0.376 e. The van der Waals surface area contributed by atoms with E-state index < -0.39 is 30.7 Å². The Balaban J connectivity index is 2.09. The number of carbonyl (C=O) groups is 1. The summed E-state index contributed by atoms with van der Waals surface area (Å²) < 4.78 is 27.6. The van der Waals surface area contributed by atoms with E-state index in [1.165, 1.54) is 14.2 Å². The Morgan fingerprint density at radius 3 is 2.08 bits per heavy atom. The fourth-order valence-corrected chi connectivity index (χ4v) is 3.09. The van der Waals surface area contributed by atoms with E-state index in [1.807, 2.05) is 30.3 Å². The summed E-state index contributed by atoms with van der Waals surface area (Å²) in [6.07, 6.45) is -1.89. The fourth-order valence-electron chi connectivity index (χ4n) is 3.09. The predicted octanol–water partition coefficient (Wildman–Crippen LogP) is 1.60. The van der Waals surface area contributed by atoms with Crippen LogP contribution in [0, 0.1) is 0 Å². The van der Waals surface area contributed by atoms with Crippen LogP contribution in [0.25, 0.3) is 0 Å². The molecule has 0 spiro atoms. The maximum Gasteiger partial charge on any atom is 0.187 e. The van der Waals surface area contributed by atoms with Gasteiger partial charge in [-0.3, -0.25) is 4.79 Å². The molecule has 1 aliphatic heterocycles.